The molecule has 7 nitrogen and oxygen atoms in total. The predicted molar refractivity (Wildman–Crippen MR) is 145 cm³/mol. The molecule has 0 spiro atoms. The Morgan fingerprint density at radius 2 is 1.86 bits per heavy atom. The van der Waals surface area contributed by atoms with Crippen LogP contribution in [0.3, 0.4) is 0 Å². The van der Waals surface area contributed by atoms with Gasteiger partial charge in [0, 0.05) is 42.3 Å². The number of para-hydroxylation sites is 1. The van der Waals surface area contributed by atoms with Crippen molar-refractivity contribution in [1.82, 2.24) is 14.9 Å². The first-order valence-electron chi connectivity index (χ1n) is 11.7. The van der Waals surface area contributed by atoms with Gasteiger partial charge in [0.1, 0.15) is 12.6 Å². The van der Waals surface area contributed by atoms with Gasteiger partial charge in [0.2, 0.25) is 5.91 Å². The number of pyridine rings is 1. The minimum absolute atomic E-state index is 0.00558. The van der Waals surface area contributed by atoms with E-state index in [1.54, 1.807) is 6.20 Å². The van der Waals surface area contributed by atoms with Crippen molar-refractivity contribution in [3.63, 3.8) is 0 Å². The Morgan fingerprint density at radius 1 is 1.06 bits per heavy atom. The zero-order valence-corrected chi connectivity index (χ0v) is 20.9. The Morgan fingerprint density at radius 3 is 2.58 bits per heavy atom. The molecule has 1 fully saturated rings. The number of rotatable bonds is 7. The molecule has 2 aromatic carbocycles. The van der Waals surface area contributed by atoms with E-state index in [0.717, 1.165) is 34.0 Å². The van der Waals surface area contributed by atoms with E-state index in [4.69, 9.17) is 17.0 Å². The highest BCUT2D eigenvalue weighted by atomic mass is 32.1. The van der Waals surface area contributed by atoms with E-state index in [2.05, 4.69) is 55.5 Å². The first-order valence-corrected chi connectivity index (χ1v) is 12.1. The molecule has 0 radical (unpaired) electrons. The van der Waals surface area contributed by atoms with Crippen LogP contribution in [0.4, 0.5) is 11.4 Å². The normalized spacial score (nSPS) is 17.2. The van der Waals surface area contributed by atoms with E-state index < -0.39 is 0 Å². The molecule has 2 unspecified atom stereocenters. The van der Waals surface area contributed by atoms with Crippen LogP contribution < -0.4 is 15.5 Å². The SMILES string of the molecule is COCC(=O)Nc1ccc(N2C(=S)NC(c3ccccn3)C2c2cccn2-c2ccccc2)cc1C. The van der Waals surface area contributed by atoms with E-state index in [0.29, 0.717) is 5.11 Å². The molecule has 0 aliphatic carbocycles. The molecule has 2 aromatic heterocycles. The average molecular weight is 498 g/mol. The lowest BCUT2D eigenvalue weighted by atomic mass is 10.00. The highest BCUT2D eigenvalue weighted by Gasteiger charge is 2.42. The second-order valence-electron chi connectivity index (χ2n) is 8.62. The standard InChI is InChI=1S/C28H27N5O2S/c1-19-17-21(13-14-22(19)30-25(34)18-35-2)33-27(26(31-28(33)36)23-11-6-7-15-29-23)24-12-8-16-32(24)20-9-4-3-5-10-20/h3-17,26-27H,18H2,1-2H3,(H,30,34)(H,31,36). The number of hydrogen-bond donors (Lipinski definition) is 2. The number of anilines is 2. The van der Waals surface area contributed by atoms with Gasteiger partial charge < -0.3 is 24.8 Å². The molecule has 8 heteroatoms. The maximum Gasteiger partial charge on any atom is 0.250 e. The largest absolute Gasteiger partial charge is 0.375 e. The molecule has 5 rings (SSSR count). The number of carbonyl (C=O) groups excluding carboxylic acids is 1. The van der Waals surface area contributed by atoms with Gasteiger partial charge in [-0.25, -0.2) is 0 Å². The number of thiocarbonyl (C=S) groups is 1. The average Bonchev–Trinajstić information content (AvgIpc) is 3.51. The number of methoxy groups -OCH3 is 1. The van der Waals surface area contributed by atoms with Crippen molar-refractivity contribution < 1.29 is 9.53 Å². The maximum atomic E-state index is 12.1. The van der Waals surface area contributed by atoms with Gasteiger partial charge in [-0.15, -0.1) is 0 Å². The van der Waals surface area contributed by atoms with E-state index in [-0.39, 0.29) is 24.6 Å². The molecule has 1 saturated heterocycles. The van der Waals surface area contributed by atoms with Gasteiger partial charge in [-0.3, -0.25) is 9.78 Å². The van der Waals surface area contributed by atoms with Gasteiger partial charge in [-0.2, -0.15) is 0 Å². The summed E-state index contributed by atoms with van der Waals surface area (Å²) >= 11 is 5.88. The van der Waals surface area contributed by atoms with Crippen LogP contribution in [0, 0.1) is 6.92 Å². The summed E-state index contributed by atoms with van der Waals surface area (Å²) in [5, 5.41) is 7.03. The van der Waals surface area contributed by atoms with Crippen molar-refractivity contribution in [2.75, 3.05) is 23.9 Å². The monoisotopic (exact) mass is 497 g/mol. The first-order chi connectivity index (χ1) is 17.6. The smallest absolute Gasteiger partial charge is 0.250 e. The third kappa shape index (κ3) is 4.60. The van der Waals surface area contributed by atoms with Crippen molar-refractivity contribution in [3.8, 4) is 5.69 Å². The number of aromatic nitrogens is 2. The Balaban J connectivity index is 1.58. The second-order valence-corrected chi connectivity index (χ2v) is 9.00. The Hall–Kier alpha value is -4.01. The summed E-state index contributed by atoms with van der Waals surface area (Å²) in [6, 6.07) is 26.0. The zero-order chi connectivity index (χ0) is 25.1. The summed E-state index contributed by atoms with van der Waals surface area (Å²) in [5.74, 6) is -0.194. The molecule has 2 N–H and O–H groups in total. The Kier molecular flexibility index (Phi) is 6.79. The van der Waals surface area contributed by atoms with Crippen LogP contribution in [0.25, 0.3) is 5.69 Å². The van der Waals surface area contributed by atoms with Crippen LogP contribution in [-0.4, -0.2) is 34.3 Å². The molecule has 2 atom stereocenters. The number of benzene rings is 2. The molecular weight excluding hydrogens is 470 g/mol. The maximum absolute atomic E-state index is 12.1. The molecule has 4 aromatic rings. The fraction of sp³-hybridized carbons (Fsp3) is 0.179. The summed E-state index contributed by atoms with van der Waals surface area (Å²) in [6.45, 7) is 1.97. The number of hydrogen-bond acceptors (Lipinski definition) is 4. The van der Waals surface area contributed by atoms with Crippen molar-refractivity contribution in [2.24, 2.45) is 0 Å². The number of aryl methyl sites for hydroxylation is 1. The second kappa shape index (κ2) is 10.3. The molecule has 36 heavy (non-hydrogen) atoms. The Bertz CT molecular complexity index is 1370. The third-order valence-corrected chi connectivity index (χ3v) is 6.57. The van der Waals surface area contributed by atoms with Crippen molar-refractivity contribution in [1.29, 1.82) is 0 Å². The van der Waals surface area contributed by atoms with E-state index in [1.807, 2.05) is 61.5 Å². The third-order valence-electron chi connectivity index (χ3n) is 6.25. The summed E-state index contributed by atoms with van der Waals surface area (Å²) in [4.78, 5) is 18.8. The predicted octanol–water partition coefficient (Wildman–Crippen LogP) is 4.94. The van der Waals surface area contributed by atoms with Crippen molar-refractivity contribution >= 4 is 34.6 Å². The van der Waals surface area contributed by atoms with Gasteiger partial charge in [0.15, 0.2) is 5.11 Å². The van der Waals surface area contributed by atoms with Crippen molar-refractivity contribution in [3.05, 3.63) is 108 Å². The van der Waals surface area contributed by atoms with Crippen LogP contribution >= 0.6 is 12.2 Å². The lowest BCUT2D eigenvalue weighted by molar-refractivity contribution is -0.119. The molecular formula is C28H27N5O2S. The molecule has 3 heterocycles. The van der Waals surface area contributed by atoms with Crippen LogP contribution in [-0.2, 0) is 9.53 Å². The molecule has 1 aliphatic rings. The number of carbonyl (C=O) groups is 1. The van der Waals surface area contributed by atoms with Crippen LogP contribution in [0.15, 0.2) is 91.3 Å². The van der Waals surface area contributed by atoms with Gasteiger partial charge in [0.05, 0.1) is 11.7 Å². The van der Waals surface area contributed by atoms with E-state index >= 15 is 0 Å². The minimum atomic E-state index is -0.194. The summed E-state index contributed by atoms with van der Waals surface area (Å²) in [7, 11) is 1.50. The lowest BCUT2D eigenvalue weighted by Gasteiger charge is -2.29. The fourth-order valence-electron chi connectivity index (χ4n) is 4.65. The summed E-state index contributed by atoms with van der Waals surface area (Å²) in [6.07, 6.45) is 3.87. The summed E-state index contributed by atoms with van der Waals surface area (Å²) in [5.41, 5.74) is 5.66. The number of nitrogens with zero attached hydrogens (tertiary/aromatic N) is 3. The Labute approximate surface area is 215 Å². The molecule has 1 aliphatic heterocycles. The van der Waals surface area contributed by atoms with Gasteiger partial charge >= 0.3 is 0 Å². The highest BCUT2D eigenvalue weighted by Crippen LogP contribution is 2.42. The van der Waals surface area contributed by atoms with Gasteiger partial charge in [0.25, 0.3) is 0 Å². The number of amides is 1. The van der Waals surface area contributed by atoms with E-state index in [9.17, 15) is 4.79 Å². The topological polar surface area (TPSA) is 71.4 Å². The molecule has 0 saturated carbocycles. The number of nitrogens with one attached hydrogen (secondary N) is 2. The van der Waals surface area contributed by atoms with Crippen LogP contribution in [0.2, 0.25) is 0 Å². The zero-order valence-electron chi connectivity index (χ0n) is 20.1. The number of ether oxygens (including phenoxy) is 1. The fourth-order valence-corrected chi connectivity index (χ4v) is 4.99. The minimum Gasteiger partial charge on any atom is -0.375 e. The highest BCUT2D eigenvalue weighted by molar-refractivity contribution is 7.80. The van der Waals surface area contributed by atoms with Gasteiger partial charge in [-0.1, -0.05) is 24.3 Å². The lowest BCUT2D eigenvalue weighted by Crippen LogP contribution is -2.30. The summed E-state index contributed by atoms with van der Waals surface area (Å²) < 4.78 is 7.13. The first kappa shape index (κ1) is 23.7. The van der Waals surface area contributed by atoms with Crippen LogP contribution in [0.1, 0.15) is 29.0 Å². The molecule has 0 bridgehead atoms. The molecule has 182 valence electrons. The van der Waals surface area contributed by atoms with Crippen molar-refractivity contribution in [2.45, 2.75) is 19.0 Å². The quantitative estimate of drug-likeness (QED) is 0.353. The van der Waals surface area contributed by atoms with Gasteiger partial charge in [-0.05, 0) is 79.3 Å². The van der Waals surface area contributed by atoms with E-state index in [1.165, 1.54) is 7.11 Å². The van der Waals surface area contributed by atoms with Crippen LogP contribution in [0.5, 0.6) is 0 Å². The molecule has 1 amide bonds.